The maximum Gasteiger partial charge on any atom is 0.303 e. The predicted octanol–water partition coefficient (Wildman–Crippen LogP) is 2.12. The van der Waals surface area contributed by atoms with Crippen LogP contribution in [0.5, 0.6) is 0 Å². The summed E-state index contributed by atoms with van der Waals surface area (Å²) in [7, 11) is 0. The van der Waals surface area contributed by atoms with Crippen LogP contribution in [0.4, 0.5) is 0 Å². The molecular weight excluding hydrogens is 148 g/mol. The first-order chi connectivity index (χ1) is 4.66. The highest BCUT2D eigenvalue weighted by molar-refractivity contribution is 8.02. The Balaban J connectivity index is 3.29. The van der Waals surface area contributed by atoms with Crippen molar-refractivity contribution in [2.75, 3.05) is 0 Å². The van der Waals surface area contributed by atoms with Crippen LogP contribution >= 0.6 is 11.8 Å². The van der Waals surface area contributed by atoms with Gasteiger partial charge in [0.15, 0.2) is 0 Å². The molecular formula is C7H12O2S. The molecule has 0 spiro atoms. The van der Waals surface area contributed by atoms with Crippen molar-refractivity contribution < 1.29 is 9.90 Å². The number of rotatable bonds is 5. The van der Waals surface area contributed by atoms with Gasteiger partial charge in [-0.05, 0) is 11.8 Å². The first-order valence-corrected chi connectivity index (χ1v) is 4.09. The summed E-state index contributed by atoms with van der Waals surface area (Å²) in [6, 6.07) is 0. The standard InChI is InChI=1S/C7H12O2S/c1-3-10-6(2)4-5-7(8)9/h3,6H,1,4-5H2,2H3,(H,8,9). The average Bonchev–Trinajstić information content (AvgIpc) is 1.85. The van der Waals surface area contributed by atoms with Gasteiger partial charge in [-0.2, -0.15) is 0 Å². The highest BCUT2D eigenvalue weighted by atomic mass is 32.2. The van der Waals surface area contributed by atoms with E-state index in [0.717, 1.165) is 0 Å². The molecule has 2 nitrogen and oxygen atoms in total. The summed E-state index contributed by atoms with van der Waals surface area (Å²) in [5.41, 5.74) is 0. The number of aliphatic carboxylic acids is 1. The second-order valence-electron chi connectivity index (χ2n) is 2.05. The number of carbonyl (C=O) groups is 1. The molecule has 0 aromatic carbocycles. The van der Waals surface area contributed by atoms with Crippen molar-refractivity contribution in [3.8, 4) is 0 Å². The molecule has 0 aliphatic carbocycles. The minimum absolute atomic E-state index is 0.252. The fraction of sp³-hybridized carbons (Fsp3) is 0.571. The third-order valence-electron chi connectivity index (χ3n) is 1.09. The van der Waals surface area contributed by atoms with E-state index in [-0.39, 0.29) is 6.42 Å². The van der Waals surface area contributed by atoms with Gasteiger partial charge in [-0.3, -0.25) is 4.79 Å². The van der Waals surface area contributed by atoms with E-state index in [4.69, 9.17) is 5.11 Å². The molecule has 0 aliphatic heterocycles. The van der Waals surface area contributed by atoms with E-state index < -0.39 is 5.97 Å². The number of carboxylic acid groups (broad SMARTS) is 1. The second kappa shape index (κ2) is 5.35. The highest BCUT2D eigenvalue weighted by Crippen LogP contribution is 2.15. The zero-order chi connectivity index (χ0) is 7.98. The van der Waals surface area contributed by atoms with E-state index in [2.05, 4.69) is 6.58 Å². The zero-order valence-electron chi connectivity index (χ0n) is 6.04. The normalized spacial score (nSPS) is 12.5. The smallest absolute Gasteiger partial charge is 0.303 e. The lowest BCUT2D eigenvalue weighted by atomic mass is 10.2. The van der Waals surface area contributed by atoms with E-state index in [1.165, 1.54) is 0 Å². The summed E-state index contributed by atoms with van der Waals surface area (Å²) in [6.45, 7) is 5.54. The largest absolute Gasteiger partial charge is 0.481 e. The van der Waals surface area contributed by atoms with Gasteiger partial charge < -0.3 is 5.11 Å². The molecule has 1 atom stereocenters. The van der Waals surface area contributed by atoms with Crippen molar-refractivity contribution in [2.24, 2.45) is 0 Å². The lowest BCUT2D eigenvalue weighted by Crippen LogP contribution is -2.00. The van der Waals surface area contributed by atoms with Crippen LogP contribution < -0.4 is 0 Å². The molecule has 0 bridgehead atoms. The van der Waals surface area contributed by atoms with Gasteiger partial charge in [0.05, 0.1) is 0 Å². The Hall–Kier alpha value is -0.440. The summed E-state index contributed by atoms with van der Waals surface area (Å²) in [4.78, 5) is 10.1. The van der Waals surface area contributed by atoms with Crippen molar-refractivity contribution >= 4 is 17.7 Å². The fourth-order valence-electron chi connectivity index (χ4n) is 0.559. The molecule has 0 saturated carbocycles. The number of hydrogen-bond donors (Lipinski definition) is 1. The van der Waals surface area contributed by atoms with Crippen LogP contribution in [0.25, 0.3) is 0 Å². The first-order valence-electron chi connectivity index (χ1n) is 3.15. The lowest BCUT2D eigenvalue weighted by Gasteiger charge is -2.03. The number of thioether (sulfide) groups is 1. The fourth-order valence-corrected chi connectivity index (χ4v) is 1.14. The molecule has 0 aromatic heterocycles. The molecule has 0 aliphatic rings. The van der Waals surface area contributed by atoms with Gasteiger partial charge in [0.1, 0.15) is 0 Å². The van der Waals surface area contributed by atoms with E-state index in [9.17, 15) is 4.79 Å². The molecule has 0 heterocycles. The van der Waals surface area contributed by atoms with Crippen LogP contribution in [0.3, 0.4) is 0 Å². The van der Waals surface area contributed by atoms with Gasteiger partial charge >= 0.3 is 5.97 Å². The van der Waals surface area contributed by atoms with Crippen LogP contribution in [-0.2, 0) is 4.79 Å². The molecule has 1 N–H and O–H groups in total. The molecule has 0 fully saturated rings. The first kappa shape index (κ1) is 9.56. The maximum absolute atomic E-state index is 10.1. The number of hydrogen-bond acceptors (Lipinski definition) is 2. The maximum atomic E-state index is 10.1. The summed E-state index contributed by atoms with van der Waals surface area (Å²) in [6.07, 6.45) is 0.966. The molecule has 58 valence electrons. The van der Waals surface area contributed by atoms with Gasteiger partial charge in [-0.25, -0.2) is 0 Å². The third-order valence-corrected chi connectivity index (χ3v) is 1.99. The van der Waals surface area contributed by atoms with Crippen molar-refractivity contribution in [3.05, 3.63) is 12.0 Å². The van der Waals surface area contributed by atoms with Crippen LogP contribution in [0.1, 0.15) is 19.8 Å². The van der Waals surface area contributed by atoms with E-state index in [0.29, 0.717) is 11.7 Å². The lowest BCUT2D eigenvalue weighted by molar-refractivity contribution is -0.137. The monoisotopic (exact) mass is 160 g/mol. The predicted molar refractivity (Wildman–Crippen MR) is 44.1 cm³/mol. The Morgan fingerprint density at radius 1 is 1.90 bits per heavy atom. The van der Waals surface area contributed by atoms with Crippen molar-refractivity contribution in [3.63, 3.8) is 0 Å². The Labute approximate surface area is 65.3 Å². The Kier molecular flexibility index (Phi) is 5.12. The van der Waals surface area contributed by atoms with Gasteiger partial charge in [0, 0.05) is 11.7 Å². The van der Waals surface area contributed by atoms with Gasteiger partial charge in [-0.1, -0.05) is 13.5 Å². The van der Waals surface area contributed by atoms with Crippen LogP contribution in [-0.4, -0.2) is 16.3 Å². The van der Waals surface area contributed by atoms with Gasteiger partial charge in [0.25, 0.3) is 0 Å². The Morgan fingerprint density at radius 2 is 2.50 bits per heavy atom. The van der Waals surface area contributed by atoms with Crippen LogP contribution in [0.2, 0.25) is 0 Å². The molecule has 3 heteroatoms. The Morgan fingerprint density at radius 3 is 2.90 bits per heavy atom. The summed E-state index contributed by atoms with van der Waals surface area (Å²) in [5, 5.41) is 10.4. The molecule has 1 unspecified atom stereocenters. The number of carboxylic acids is 1. The molecule has 10 heavy (non-hydrogen) atoms. The Bertz CT molecular complexity index is 123. The average molecular weight is 160 g/mol. The second-order valence-corrected chi connectivity index (χ2v) is 3.46. The van der Waals surface area contributed by atoms with Gasteiger partial charge in [0.2, 0.25) is 0 Å². The van der Waals surface area contributed by atoms with Crippen molar-refractivity contribution in [1.82, 2.24) is 0 Å². The summed E-state index contributed by atoms with van der Waals surface area (Å²) < 4.78 is 0. The van der Waals surface area contributed by atoms with E-state index >= 15 is 0 Å². The minimum atomic E-state index is -0.725. The highest BCUT2D eigenvalue weighted by Gasteiger charge is 2.02. The molecule has 0 saturated heterocycles. The molecule has 0 amide bonds. The summed E-state index contributed by atoms with van der Waals surface area (Å²) >= 11 is 1.57. The SMILES string of the molecule is C=CSC(C)CCC(=O)O. The zero-order valence-corrected chi connectivity index (χ0v) is 6.86. The van der Waals surface area contributed by atoms with E-state index in [1.807, 2.05) is 6.92 Å². The molecule has 0 aromatic rings. The van der Waals surface area contributed by atoms with Gasteiger partial charge in [-0.15, -0.1) is 11.8 Å². The minimum Gasteiger partial charge on any atom is -0.481 e. The molecule has 0 rings (SSSR count). The van der Waals surface area contributed by atoms with Crippen molar-refractivity contribution in [2.45, 2.75) is 25.0 Å². The van der Waals surface area contributed by atoms with Crippen molar-refractivity contribution in [1.29, 1.82) is 0 Å². The topological polar surface area (TPSA) is 37.3 Å². The molecule has 0 radical (unpaired) electrons. The van der Waals surface area contributed by atoms with Crippen LogP contribution in [0.15, 0.2) is 12.0 Å². The quantitative estimate of drug-likeness (QED) is 0.669. The third kappa shape index (κ3) is 5.69. The van der Waals surface area contributed by atoms with E-state index in [1.54, 1.807) is 17.2 Å². The summed E-state index contributed by atoms with van der Waals surface area (Å²) in [5.74, 6) is -0.725. The van der Waals surface area contributed by atoms with Crippen LogP contribution in [0, 0.1) is 0 Å².